The Labute approximate surface area is 120 Å². The number of rotatable bonds is 4. The van der Waals surface area contributed by atoms with Gasteiger partial charge in [0.2, 0.25) is 10.0 Å². The van der Waals surface area contributed by atoms with Gasteiger partial charge in [-0.05, 0) is 31.0 Å². The maximum Gasteiger partial charge on any atom is 0.240 e. The van der Waals surface area contributed by atoms with Gasteiger partial charge in [0.25, 0.3) is 0 Å². The molecule has 0 amide bonds. The van der Waals surface area contributed by atoms with Gasteiger partial charge in [-0.15, -0.1) is 0 Å². The first-order chi connectivity index (χ1) is 9.62. The molecule has 1 aromatic carbocycles. The molecule has 0 unspecified atom stereocenters. The molecule has 2 N–H and O–H groups in total. The Morgan fingerprint density at radius 1 is 1.30 bits per heavy atom. The van der Waals surface area contributed by atoms with Gasteiger partial charge in [-0.2, -0.15) is 0 Å². The summed E-state index contributed by atoms with van der Waals surface area (Å²) in [4.78, 5) is 0.250. The minimum Gasteiger partial charge on any atom is -0.395 e. The highest BCUT2D eigenvalue weighted by Crippen LogP contribution is 2.20. The standard InChI is InChI=1S/C15H19NO3S/c17-11-4-3-6-13-7-5-10-15(12-13)20(18,19)16-14-8-1-2-9-14/h5,7,10,12,14,16-17H,1-2,4,8-9,11H2. The molecule has 0 heterocycles. The molecular weight excluding hydrogens is 274 g/mol. The van der Waals surface area contributed by atoms with E-state index in [-0.39, 0.29) is 17.5 Å². The third kappa shape index (κ3) is 4.07. The molecule has 1 saturated carbocycles. The molecule has 0 spiro atoms. The minimum atomic E-state index is -3.46. The van der Waals surface area contributed by atoms with Crippen LogP contribution in [0.15, 0.2) is 29.2 Å². The van der Waals surface area contributed by atoms with Crippen molar-refractivity contribution in [2.75, 3.05) is 6.61 Å². The van der Waals surface area contributed by atoms with Gasteiger partial charge < -0.3 is 5.11 Å². The second-order valence-electron chi connectivity index (χ2n) is 4.91. The molecule has 0 saturated heterocycles. The molecule has 1 fully saturated rings. The van der Waals surface area contributed by atoms with Crippen molar-refractivity contribution < 1.29 is 13.5 Å². The number of nitrogens with one attached hydrogen (secondary N) is 1. The first kappa shape index (κ1) is 15.0. The zero-order valence-electron chi connectivity index (χ0n) is 11.3. The van der Waals surface area contributed by atoms with Gasteiger partial charge >= 0.3 is 0 Å². The van der Waals surface area contributed by atoms with Gasteiger partial charge in [0.05, 0.1) is 11.5 Å². The van der Waals surface area contributed by atoms with Crippen LogP contribution < -0.4 is 4.72 Å². The van der Waals surface area contributed by atoms with Crippen LogP contribution in [0.1, 0.15) is 37.7 Å². The van der Waals surface area contributed by atoms with Crippen LogP contribution in [0, 0.1) is 11.8 Å². The predicted octanol–water partition coefficient (Wildman–Crippen LogP) is 1.64. The summed E-state index contributed by atoms with van der Waals surface area (Å²) in [6, 6.07) is 6.66. The van der Waals surface area contributed by atoms with Crippen molar-refractivity contribution in [1.29, 1.82) is 0 Å². The van der Waals surface area contributed by atoms with E-state index in [0.717, 1.165) is 25.7 Å². The molecule has 20 heavy (non-hydrogen) atoms. The van der Waals surface area contributed by atoms with Crippen LogP contribution >= 0.6 is 0 Å². The van der Waals surface area contributed by atoms with Crippen molar-refractivity contribution in [3.8, 4) is 11.8 Å². The molecule has 5 heteroatoms. The number of aliphatic hydroxyl groups excluding tert-OH is 1. The van der Waals surface area contributed by atoms with Gasteiger partial charge in [-0.3, -0.25) is 0 Å². The third-order valence-corrected chi connectivity index (χ3v) is 4.81. The van der Waals surface area contributed by atoms with Crippen LogP contribution in [-0.2, 0) is 10.0 Å². The third-order valence-electron chi connectivity index (χ3n) is 3.29. The molecule has 2 rings (SSSR count). The van der Waals surface area contributed by atoms with Gasteiger partial charge in [-0.1, -0.05) is 30.7 Å². The summed E-state index contributed by atoms with van der Waals surface area (Å²) in [5.41, 5.74) is 0.646. The van der Waals surface area contributed by atoms with Crippen LogP contribution in [0.3, 0.4) is 0 Å². The van der Waals surface area contributed by atoms with Crippen LogP contribution in [0.25, 0.3) is 0 Å². The fraction of sp³-hybridized carbons (Fsp3) is 0.467. The fourth-order valence-corrected chi connectivity index (χ4v) is 3.64. The van der Waals surface area contributed by atoms with Gasteiger partial charge in [-0.25, -0.2) is 13.1 Å². The SMILES string of the molecule is O=S(=O)(NC1CCCC1)c1cccc(C#CCCO)c1. The highest BCUT2D eigenvalue weighted by molar-refractivity contribution is 7.89. The molecule has 0 atom stereocenters. The Hall–Kier alpha value is -1.35. The van der Waals surface area contributed by atoms with E-state index >= 15 is 0 Å². The Kier molecular flexibility index (Phi) is 5.18. The summed E-state index contributed by atoms with van der Waals surface area (Å²) >= 11 is 0. The van der Waals surface area contributed by atoms with E-state index < -0.39 is 10.0 Å². The van der Waals surface area contributed by atoms with Crippen molar-refractivity contribution in [3.63, 3.8) is 0 Å². The Morgan fingerprint density at radius 3 is 2.75 bits per heavy atom. The first-order valence-corrected chi connectivity index (χ1v) is 8.32. The summed E-state index contributed by atoms with van der Waals surface area (Å²) in [7, 11) is -3.46. The average molecular weight is 293 g/mol. The molecule has 108 valence electrons. The van der Waals surface area contributed by atoms with Gasteiger partial charge in [0.1, 0.15) is 0 Å². The quantitative estimate of drug-likeness (QED) is 0.829. The predicted molar refractivity (Wildman–Crippen MR) is 77.6 cm³/mol. The maximum absolute atomic E-state index is 12.3. The van der Waals surface area contributed by atoms with E-state index in [1.165, 1.54) is 0 Å². The first-order valence-electron chi connectivity index (χ1n) is 6.84. The lowest BCUT2D eigenvalue weighted by Crippen LogP contribution is -2.32. The van der Waals surface area contributed by atoms with Crippen LogP contribution in [0.5, 0.6) is 0 Å². The van der Waals surface area contributed by atoms with Gasteiger partial charge in [0, 0.05) is 18.0 Å². The lowest BCUT2D eigenvalue weighted by molar-refractivity contribution is 0.305. The summed E-state index contributed by atoms with van der Waals surface area (Å²) in [6.45, 7) is 0.00816. The van der Waals surface area contributed by atoms with E-state index in [0.29, 0.717) is 12.0 Å². The zero-order valence-corrected chi connectivity index (χ0v) is 12.1. The molecule has 1 aliphatic carbocycles. The van der Waals surface area contributed by atoms with Crippen LogP contribution in [-0.4, -0.2) is 26.2 Å². The van der Waals surface area contributed by atoms with Crippen LogP contribution in [0.4, 0.5) is 0 Å². The summed E-state index contributed by atoms with van der Waals surface area (Å²) in [5.74, 6) is 5.64. The van der Waals surface area contributed by atoms with E-state index in [1.807, 2.05) is 0 Å². The Balaban J connectivity index is 2.15. The van der Waals surface area contributed by atoms with Crippen molar-refractivity contribution in [2.45, 2.75) is 43.0 Å². The normalized spacial score (nSPS) is 15.8. The van der Waals surface area contributed by atoms with E-state index in [1.54, 1.807) is 24.3 Å². The Morgan fingerprint density at radius 2 is 2.05 bits per heavy atom. The maximum atomic E-state index is 12.3. The van der Waals surface area contributed by atoms with Crippen LogP contribution in [0.2, 0.25) is 0 Å². The summed E-state index contributed by atoms with van der Waals surface area (Å²) in [6.07, 6.45) is 4.38. The molecule has 0 bridgehead atoms. The van der Waals surface area contributed by atoms with Gasteiger partial charge in [0.15, 0.2) is 0 Å². The van der Waals surface area contributed by atoms with Crippen molar-refractivity contribution in [2.24, 2.45) is 0 Å². The second-order valence-corrected chi connectivity index (χ2v) is 6.62. The molecule has 1 aliphatic rings. The number of aliphatic hydroxyl groups is 1. The molecule has 0 aromatic heterocycles. The number of sulfonamides is 1. The zero-order chi connectivity index (χ0) is 14.4. The lowest BCUT2D eigenvalue weighted by Gasteiger charge is -2.12. The van der Waals surface area contributed by atoms with E-state index in [4.69, 9.17) is 5.11 Å². The second kappa shape index (κ2) is 6.89. The highest BCUT2D eigenvalue weighted by Gasteiger charge is 2.22. The summed E-state index contributed by atoms with van der Waals surface area (Å²) < 4.78 is 27.3. The lowest BCUT2D eigenvalue weighted by atomic mass is 10.2. The number of hydrogen-bond donors (Lipinski definition) is 2. The van der Waals surface area contributed by atoms with E-state index in [2.05, 4.69) is 16.6 Å². The molecule has 4 nitrogen and oxygen atoms in total. The smallest absolute Gasteiger partial charge is 0.240 e. The average Bonchev–Trinajstić information content (AvgIpc) is 2.92. The largest absolute Gasteiger partial charge is 0.395 e. The van der Waals surface area contributed by atoms with Crippen molar-refractivity contribution >= 4 is 10.0 Å². The number of hydrogen-bond acceptors (Lipinski definition) is 3. The van der Waals surface area contributed by atoms with Crippen molar-refractivity contribution in [3.05, 3.63) is 29.8 Å². The Bertz CT molecular complexity index is 607. The topological polar surface area (TPSA) is 66.4 Å². The highest BCUT2D eigenvalue weighted by atomic mass is 32.2. The number of benzene rings is 1. The van der Waals surface area contributed by atoms with Crippen molar-refractivity contribution in [1.82, 2.24) is 4.72 Å². The fourth-order valence-electron chi connectivity index (χ4n) is 2.29. The monoisotopic (exact) mass is 293 g/mol. The minimum absolute atomic E-state index is 0.00816. The molecular formula is C15H19NO3S. The van der Waals surface area contributed by atoms with E-state index in [9.17, 15) is 8.42 Å². The molecule has 0 aliphatic heterocycles. The summed E-state index contributed by atoms with van der Waals surface area (Å²) in [5, 5.41) is 8.68. The molecule has 0 radical (unpaired) electrons. The molecule has 1 aromatic rings.